The van der Waals surface area contributed by atoms with Crippen molar-refractivity contribution in [3.05, 3.63) is 52.7 Å². The van der Waals surface area contributed by atoms with Gasteiger partial charge < -0.3 is 15.5 Å². The predicted octanol–water partition coefficient (Wildman–Crippen LogP) is 3.72. The van der Waals surface area contributed by atoms with E-state index in [1.807, 2.05) is 0 Å². The number of hydrogen-bond acceptors (Lipinski definition) is 4. The minimum Gasteiger partial charge on any atom is -0.367 e. The number of anilines is 2. The van der Waals surface area contributed by atoms with Crippen molar-refractivity contribution < 1.29 is 22.8 Å². The number of nitrogens with one attached hydrogen (secondary N) is 2. The molecule has 2 heterocycles. The third-order valence-electron chi connectivity index (χ3n) is 4.36. The lowest BCUT2D eigenvalue weighted by molar-refractivity contribution is -0.137. The molecule has 1 aliphatic heterocycles. The molecule has 2 aromatic rings. The Labute approximate surface area is 170 Å². The van der Waals surface area contributed by atoms with E-state index in [4.69, 9.17) is 11.6 Å². The van der Waals surface area contributed by atoms with Crippen LogP contribution in [0, 0.1) is 0 Å². The monoisotopic (exact) mass is 426 g/mol. The second-order valence-electron chi connectivity index (χ2n) is 6.43. The summed E-state index contributed by atoms with van der Waals surface area (Å²) in [5.41, 5.74) is 0.157. The summed E-state index contributed by atoms with van der Waals surface area (Å²) >= 11 is 5.82. The second kappa shape index (κ2) is 8.69. The van der Waals surface area contributed by atoms with Gasteiger partial charge in [0.1, 0.15) is 5.82 Å². The molecule has 3 rings (SSSR count). The number of amides is 2. The van der Waals surface area contributed by atoms with E-state index in [1.54, 1.807) is 29.2 Å². The highest BCUT2D eigenvalue weighted by atomic mass is 35.5. The van der Waals surface area contributed by atoms with E-state index in [2.05, 4.69) is 15.6 Å². The van der Waals surface area contributed by atoms with Crippen LogP contribution in [0.25, 0.3) is 0 Å². The summed E-state index contributed by atoms with van der Waals surface area (Å²) in [6.07, 6.45) is -2.53. The van der Waals surface area contributed by atoms with Gasteiger partial charge in [-0.1, -0.05) is 17.7 Å². The molecule has 0 atom stereocenters. The molecule has 0 spiro atoms. The summed E-state index contributed by atoms with van der Waals surface area (Å²) in [6, 6.07) is 7.57. The number of halogens is 4. The molecule has 154 valence electrons. The van der Waals surface area contributed by atoms with Gasteiger partial charge in [-0.3, -0.25) is 9.59 Å². The minimum atomic E-state index is -4.52. The molecule has 1 aromatic heterocycles. The van der Waals surface area contributed by atoms with Crippen molar-refractivity contribution in [1.29, 1.82) is 0 Å². The summed E-state index contributed by atoms with van der Waals surface area (Å²) in [5.74, 6) is -0.192. The Kier molecular flexibility index (Phi) is 6.26. The number of nitrogens with zero attached hydrogens (tertiary/aromatic N) is 2. The summed E-state index contributed by atoms with van der Waals surface area (Å²) in [5, 5.41) is 5.32. The molecule has 1 saturated heterocycles. The van der Waals surface area contributed by atoms with Crippen LogP contribution in [0.15, 0.2) is 36.5 Å². The molecular formula is C19H18ClF3N4O2. The molecule has 10 heteroatoms. The predicted molar refractivity (Wildman–Crippen MR) is 103 cm³/mol. The minimum absolute atomic E-state index is 0.0349. The lowest BCUT2D eigenvalue weighted by Crippen LogP contribution is -2.29. The Morgan fingerprint density at radius 2 is 2.03 bits per heavy atom. The maximum absolute atomic E-state index is 12.6. The number of pyridine rings is 1. The Morgan fingerprint density at radius 3 is 2.69 bits per heavy atom. The number of alkyl halides is 3. The summed E-state index contributed by atoms with van der Waals surface area (Å²) in [7, 11) is 0. The van der Waals surface area contributed by atoms with Crippen LogP contribution in [-0.4, -0.2) is 36.4 Å². The molecule has 29 heavy (non-hydrogen) atoms. The molecule has 1 fully saturated rings. The first-order valence-electron chi connectivity index (χ1n) is 8.91. The van der Waals surface area contributed by atoms with E-state index < -0.39 is 11.7 Å². The number of hydrogen-bond donors (Lipinski definition) is 2. The van der Waals surface area contributed by atoms with Gasteiger partial charge in [0.2, 0.25) is 5.91 Å². The van der Waals surface area contributed by atoms with Gasteiger partial charge in [0.05, 0.1) is 10.6 Å². The number of benzene rings is 1. The van der Waals surface area contributed by atoms with E-state index in [0.717, 1.165) is 12.5 Å². The quantitative estimate of drug-likeness (QED) is 0.690. The highest BCUT2D eigenvalue weighted by molar-refractivity contribution is 6.32. The van der Waals surface area contributed by atoms with Crippen molar-refractivity contribution in [3.8, 4) is 0 Å². The molecule has 1 aromatic carbocycles. The van der Waals surface area contributed by atoms with E-state index in [-0.39, 0.29) is 35.7 Å². The van der Waals surface area contributed by atoms with E-state index in [9.17, 15) is 22.8 Å². The lowest BCUT2D eigenvalue weighted by atomic mass is 10.1. The molecule has 2 amide bonds. The SMILES string of the molecule is O=C(NCCNc1ncc(C(F)(F)F)cc1Cl)c1cccc(N2CCCC2=O)c1. The molecule has 1 aliphatic rings. The van der Waals surface area contributed by atoms with Gasteiger partial charge in [-0.25, -0.2) is 4.98 Å². The molecule has 6 nitrogen and oxygen atoms in total. The normalized spacial score (nSPS) is 14.2. The fourth-order valence-electron chi connectivity index (χ4n) is 2.92. The largest absolute Gasteiger partial charge is 0.417 e. The van der Waals surface area contributed by atoms with E-state index in [1.165, 1.54) is 0 Å². The van der Waals surface area contributed by atoms with Crippen molar-refractivity contribution in [2.45, 2.75) is 19.0 Å². The van der Waals surface area contributed by atoms with Gasteiger partial charge >= 0.3 is 6.18 Å². The Balaban J connectivity index is 1.52. The van der Waals surface area contributed by atoms with Crippen LogP contribution in [-0.2, 0) is 11.0 Å². The number of carbonyl (C=O) groups is 2. The summed E-state index contributed by atoms with van der Waals surface area (Å²) in [4.78, 5) is 29.5. The number of rotatable bonds is 6. The molecule has 0 saturated carbocycles. The zero-order valence-electron chi connectivity index (χ0n) is 15.2. The lowest BCUT2D eigenvalue weighted by Gasteiger charge is -2.16. The molecule has 0 aliphatic carbocycles. The number of carbonyl (C=O) groups excluding carboxylic acids is 2. The zero-order chi connectivity index (χ0) is 21.0. The summed E-state index contributed by atoms with van der Waals surface area (Å²) in [6.45, 7) is 1.05. The molecule has 2 N–H and O–H groups in total. The van der Waals surface area contributed by atoms with Crippen molar-refractivity contribution in [3.63, 3.8) is 0 Å². The Morgan fingerprint density at radius 1 is 1.24 bits per heavy atom. The smallest absolute Gasteiger partial charge is 0.367 e. The standard InChI is InChI=1S/C19H18ClF3N4O2/c20-15-10-13(19(21,22)23)11-26-17(15)24-6-7-25-18(29)12-3-1-4-14(9-12)27-8-2-5-16(27)28/h1,3-4,9-11H,2,5-8H2,(H,24,26)(H,25,29). The van der Waals surface area contributed by atoms with Crippen LogP contribution < -0.4 is 15.5 Å². The van der Waals surface area contributed by atoms with Crippen LogP contribution in [0.1, 0.15) is 28.8 Å². The highest BCUT2D eigenvalue weighted by Crippen LogP contribution is 2.32. The van der Waals surface area contributed by atoms with Crippen LogP contribution in [0.3, 0.4) is 0 Å². The maximum atomic E-state index is 12.6. The van der Waals surface area contributed by atoms with E-state index in [0.29, 0.717) is 30.4 Å². The number of aromatic nitrogens is 1. The van der Waals surface area contributed by atoms with Crippen LogP contribution in [0.4, 0.5) is 24.7 Å². The Bertz CT molecular complexity index is 921. The summed E-state index contributed by atoms with van der Waals surface area (Å²) < 4.78 is 37.8. The maximum Gasteiger partial charge on any atom is 0.417 e. The van der Waals surface area contributed by atoms with Gasteiger partial charge in [-0.05, 0) is 30.7 Å². The third kappa shape index (κ3) is 5.17. The fourth-order valence-corrected chi connectivity index (χ4v) is 3.15. The highest BCUT2D eigenvalue weighted by Gasteiger charge is 2.31. The first kappa shape index (κ1) is 20.9. The average Bonchev–Trinajstić information content (AvgIpc) is 3.11. The topological polar surface area (TPSA) is 74.3 Å². The van der Waals surface area contributed by atoms with Crippen LogP contribution in [0.5, 0.6) is 0 Å². The van der Waals surface area contributed by atoms with Gasteiger partial charge in [-0.2, -0.15) is 13.2 Å². The van der Waals surface area contributed by atoms with E-state index >= 15 is 0 Å². The first-order chi connectivity index (χ1) is 13.8. The first-order valence-corrected chi connectivity index (χ1v) is 9.29. The molecular weight excluding hydrogens is 409 g/mol. The molecule has 0 bridgehead atoms. The molecule has 0 unspecified atom stereocenters. The van der Waals surface area contributed by atoms with Gasteiger partial charge in [0.15, 0.2) is 0 Å². The van der Waals surface area contributed by atoms with Gasteiger partial charge in [0, 0.05) is 43.5 Å². The second-order valence-corrected chi connectivity index (χ2v) is 6.84. The fraction of sp³-hybridized carbons (Fsp3) is 0.316. The average molecular weight is 427 g/mol. The Hall–Kier alpha value is -2.81. The third-order valence-corrected chi connectivity index (χ3v) is 4.65. The van der Waals surface area contributed by atoms with Crippen LogP contribution >= 0.6 is 11.6 Å². The van der Waals surface area contributed by atoms with Crippen molar-refractivity contribution in [2.75, 3.05) is 29.9 Å². The zero-order valence-corrected chi connectivity index (χ0v) is 16.0. The van der Waals surface area contributed by atoms with Crippen molar-refractivity contribution in [2.24, 2.45) is 0 Å². The van der Waals surface area contributed by atoms with Gasteiger partial charge in [-0.15, -0.1) is 0 Å². The van der Waals surface area contributed by atoms with Crippen LogP contribution in [0.2, 0.25) is 5.02 Å². The van der Waals surface area contributed by atoms with Crippen molar-refractivity contribution >= 4 is 34.9 Å². The molecule has 0 radical (unpaired) electrons. The van der Waals surface area contributed by atoms with Gasteiger partial charge in [0.25, 0.3) is 5.91 Å². The van der Waals surface area contributed by atoms with Crippen molar-refractivity contribution in [1.82, 2.24) is 10.3 Å².